The van der Waals surface area contributed by atoms with Crippen molar-refractivity contribution in [3.63, 3.8) is 0 Å². The minimum absolute atomic E-state index is 0.0445. The van der Waals surface area contributed by atoms with Crippen molar-refractivity contribution in [1.82, 2.24) is 14.8 Å². The summed E-state index contributed by atoms with van der Waals surface area (Å²) in [5.41, 5.74) is 2.17. The van der Waals surface area contributed by atoms with Crippen molar-refractivity contribution in [3.05, 3.63) is 53.5 Å². The zero-order valence-electron chi connectivity index (χ0n) is 16.7. The summed E-state index contributed by atoms with van der Waals surface area (Å²) in [4.78, 5) is 15.8. The fourth-order valence-electron chi connectivity index (χ4n) is 3.42. The molecule has 3 N–H and O–H groups in total. The van der Waals surface area contributed by atoms with E-state index in [1.807, 2.05) is 24.3 Å². The Hall–Kier alpha value is -2.77. The van der Waals surface area contributed by atoms with E-state index in [4.69, 9.17) is 14.7 Å². The number of hydrogen-bond acceptors (Lipinski definition) is 9. The van der Waals surface area contributed by atoms with Crippen LogP contribution in [0.2, 0.25) is 0 Å². The van der Waals surface area contributed by atoms with Gasteiger partial charge in [-0.25, -0.2) is 23.7 Å². The molecule has 1 amide bonds. The van der Waals surface area contributed by atoms with Gasteiger partial charge in [0.05, 0.1) is 15.1 Å². The molecule has 1 aromatic heterocycles. The summed E-state index contributed by atoms with van der Waals surface area (Å²) >= 11 is 1.52. The highest BCUT2D eigenvalue weighted by Gasteiger charge is 2.41. The maximum atomic E-state index is 13.1. The Morgan fingerprint density at radius 3 is 2.69 bits per heavy atom. The van der Waals surface area contributed by atoms with Crippen LogP contribution in [0.25, 0.3) is 10.2 Å². The molecule has 0 aliphatic carbocycles. The average Bonchev–Trinajstić information content (AvgIpc) is 3.22. The highest BCUT2D eigenvalue weighted by Crippen LogP contribution is 2.28. The molecule has 0 unspecified atom stereocenters. The molecule has 0 spiro atoms. The number of hydroxylamine groups is 1. The lowest BCUT2D eigenvalue weighted by molar-refractivity contribution is -0.0837. The summed E-state index contributed by atoms with van der Waals surface area (Å²) in [6, 6.07) is 13.6. The van der Waals surface area contributed by atoms with Gasteiger partial charge in [-0.15, -0.1) is 11.3 Å². The second-order valence-corrected chi connectivity index (χ2v) is 10.1. The Morgan fingerprint density at radius 1 is 1.22 bits per heavy atom. The van der Waals surface area contributed by atoms with Crippen molar-refractivity contribution in [2.24, 2.45) is 0 Å². The largest absolute Gasteiger partial charge is 0.486 e. The molecule has 3 aromatic rings. The lowest BCUT2D eigenvalue weighted by atomic mass is 10.1. The molecule has 0 bridgehead atoms. The van der Waals surface area contributed by atoms with Crippen molar-refractivity contribution in [3.8, 4) is 5.75 Å². The molecule has 1 aliphatic rings. The Kier molecular flexibility index (Phi) is 6.58. The number of thiazole rings is 1. The number of aromatic nitrogens is 1. The molecular weight excluding hydrogens is 458 g/mol. The number of sulfonamides is 1. The minimum Gasteiger partial charge on any atom is -0.486 e. The van der Waals surface area contributed by atoms with Crippen molar-refractivity contribution >= 4 is 37.7 Å². The number of aliphatic hydroxyl groups excluding tert-OH is 1. The van der Waals surface area contributed by atoms with Crippen LogP contribution >= 0.6 is 11.3 Å². The van der Waals surface area contributed by atoms with Crippen molar-refractivity contribution in [2.75, 3.05) is 6.54 Å². The first-order valence-electron chi connectivity index (χ1n) is 9.76. The van der Waals surface area contributed by atoms with E-state index in [0.29, 0.717) is 12.2 Å². The minimum atomic E-state index is -4.08. The van der Waals surface area contributed by atoms with Gasteiger partial charge in [-0.05, 0) is 49.2 Å². The number of fused-ring (bicyclic) bond motifs is 1. The first kappa shape index (κ1) is 22.4. The molecule has 4 rings (SSSR count). The van der Waals surface area contributed by atoms with Gasteiger partial charge in [-0.3, -0.25) is 5.21 Å². The van der Waals surface area contributed by atoms with Crippen molar-refractivity contribution in [2.45, 2.75) is 36.7 Å². The predicted octanol–water partition coefficient (Wildman–Crippen LogP) is 2.46. The van der Waals surface area contributed by atoms with Crippen LogP contribution in [-0.2, 0) is 21.4 Å². The number of benzene rings is 2. The number of ether oxygens (including phenoxy) is 2. The molecule has 2 atom stereocenters. The lowest BCUT2D eigenvalue weighted by Crippen LogP contribution is -2.53. The molecule has 170 valence electrons. The molecule has 0 saturated carbocycles. The summed E-state index contributed by atoms with van der Waals surface area (Å²) < 4.78 is 38.8. The van der Waals surface area contributed by atoms with E-state index in [2.05, 4.69) is 4.98 Å². The number of aliphatic hydroxyl groups is 1. The summed E-state index contributed by atoms with van der Waals surface area (Å²) in [7, 11) is -4.08. The zero-order valence-corrected chi connectivity index (χ0v) is 18.4. The highest BCUT2D eigenvalue weighted by atomic mass is 32.2. The maximum absolute atomic E-state index is 13.1. The van der Waals surface area contributed by atoms with E-state index < -0.39 is 28.4 Å². The monoisotopic (exact) mass is 479 g/mol. The summed E-state index contributed by atoms with van der Waals surface area (Å²) in [6.07, 6.45) is -3.27. The van der Waals surface area contributed by atoms with Gasteiger partial charge >= 0.3 is 6.09 Å². The summed E-state index contributed by atoms with van der Waals surface area (Å²) in [5, 5.41) is 19.6. The van der Waals surface area contributed by atoms with Gasteiger partial charge in [-0.1, -0.05) is 12.1 Å². The van der Waals surface area contributed by atoms with E-state index in [0.717, 1.165) is 19.5 Å². The molecular formula is C20H21N3O7S2. The molecule has 1 fully saturated rings. The molecule has 12 heteroatoms. The third-order valence-corrected chi connectivity index (χ3v) is 7.83. The van der Waals surface area contributed by atoms with Crippen LogP contribution in [0.15, 0.2) is 53.4 Å². The number of rotatable bonds is 6. The molecule has 0 radical (unpaired) electrons. The topological polar surface area (TPSA) is 138 Å². The van der Waals surface area contributed by atoms with Gasteiger partial charge in [0.25, 0.3) is 0 Å². The number of para-hydroxylation sites is 1. The Balaban J connectivity index is 1.47. The lowest BCUT2D eigenvalue weighted by Gasteiger charge is -2.36. The molecule has 2 aromatic carbocycles. The molecule has 1 aliphatic heterocycles. The second-order valence-electron chi connectivity index (χ2n) is 7.07. The number of nitrogens with one attached hydrogen (secondary N) is 1. The number of carbonyl (C=O) groups is 1. The summed E-state index contributed by atoms with van der Waals surface area (Å²) in [6.45, 7) is 0.300. The van der Waals surface area contributed by atoms with Gasteiger partial charge in [0.1, 0.15) is 23.5 Å². The van der Waals surface area contributed by atoms with E-state index in [9.17, 15) is 18.3 Å². The average molecular weight is 480 g/mol. The third-order valence-electron chi connectivity index (χ3n) is 4.94. The summed E-state index contributed by atoms with van der Waals surface area (Å²) in [5.74, 6) is 0.467. The fraction of sp³-hybridized carbons (Fsp3) is 0.300. The van der Waals surface area contributed by atoms with Gasteiger partial charge in [0.15, 0.2) is 6.23 Å². The number of carbonyl (C=O) groups excluding carboxylic acids is 1. The number of amides is 1. The predicted molar refractivity (Wildman–Crippen MR) is 115 cm³/mol. The number of nitrogens with zero attached hydrogens (tertiary/aromatic N) is 2. The van der Waals surface area contributed by atoms with Crippen LogP contribution in [0.3, 0.4) is 0 Å². The standard InChI is InChI=1S/C20H21N3O7S2/c24-16-5-3-11-23(19(16)30-20(25)22-26)32(27,28)14-9-7-13(8-10-14)29-12-18-21-15-4-1-2-6-17(15)31-18/h1-2,4,6-10,16,19,24,26H,3,5,11-12H2,(H,22,25)/t16-,19+/m0/s1. The van der Waals surface area contributed by atoms with Gasteiger partial charge in [-0.2, -0.15) is 4.31 Å². The van der Waals surface area contributed by atoms with Crippen LogP contribution in [0.1, 0.15) is 17.8 Å². The Bertz CT molecular complexity index is 1160. The van der Waals surface area contributed by atoms with Crippen molar-refractivity contribution < 1.29 is 33.0 Å². The van der Waals surface area contributed by atoms with Crippen LogP contribution in [0, 0.1) is 0 Å². The second kappa shape index (κ2) is 9.38. The molecule has 2 heterocycles. The van der Waals surface area contributed by atoms with E-state index >= 15 is 0 Å². The van der Waals surface area contributed by atoms with E-state index in [-0.39, 0.29) is 24.5 Å². The van der Waals surface area contributed by atoms with Crippen LogP contribution in [0.5, 0.6) is 5.75 Å². The number of piperidine rings is 1. The van der Waals surface area contributed by atoms with Gasteiger partial charge in [0, 0.05) is 6.54 Å². The van der Waals surface area contributed by atoms with E-state index in [1.54, 1.807) is 0 Å². The normalized spacial score (nSPS) is 19.6. The zero-order chi connectivity index (χ0) is 22.7. The first-order chi connectivity index (χ1) is 15.4. The first-order valence-corrected chi connectivity index (χ1v) is 12.0. The Morgan fingerprint density at radius 2 is 1.97 bits per heavy atom. The smallest absolute Gasteiger partial charge is 0.432 e. The van der Waals surface area contributed by atoms with Gasteiger partial charge < -0.3 is 14.6 Å². The molecule has 1 saturated heterocycles. The highest BCUT2D eigenvalue weighted by molar-refractivity contribution is 7.89. The third kappa shape index (κ3) is 4.69. The number of hydrogen-bond donors (Lipinski definition) is 3. The fourth-order valence-corrected chi connectivity index (χ4v) is 5.88. The molecule has 32 heavy (non-hydrogen) atoms. The maximum Gasteiger partial charge on any atom is 0.432 e. The quantitative estimate of drug-likeness (QED) is 0.362. The van der Waals surface area contributed by atoms with E-state index in [1.165, 1.54) is 41.1 Å². The van der Waals surface area contributed by atoms with Crippen LogP contribution < -0.4 is 10.2 Å². The SMILES string of the molecule is O=C(NO)O[C@@H]1[C@@H](O)CCCN1S(=O)(=O)c1ccc(OCc2nc3ccccc3s2)cc1. The van der Waals surface area contributed by atoms with Crippen LogP contribution in [0.4, 0.5) is 4.79 Å². The molecule has 10 nitrogen and oxygen atoms in total. The van der Waals surface area contributed by atoms with Crippen LogP contribution in [-0.4, -0.2) is 53.0 Å². The van der Waals surface area contributed by atoms with Gasteiger partial charge in [0.2, 0.25) is 10.0 Å². The Labute approximate surface area is 188 Å². The van der Waals surface area contributed by atoms with Crippen molar-refractivity contribution in [1.29, 1.82) is 0 Å².